The van der Waals surface area contributed by atoms with E-state index in [4.69, 9.17) is 15.2 Å². The lowest BCUT2D eigenvalue weighted by molar-refractivity contribution is 0.190. The van der Waals surface area contributed by atoms with Crippen molar-refractivity contribution in [2.24, 2.45) is 5.73 Å². The first-order valence-corrected chi connectivity index (χ1v) is 7.29. The maximum atomic E-state index is 6.27. The zero-order valence-corrected chi connectivity index (χ0v) is 12.9. The molecule has 2 rings (SSSR count). The van der Waals surface area contributed by atoms with E-state index in [0.29, 0.717) is 0 Å². The van der Waals surface area contributed by atoms with E-state index in [1.165, 1.54) is 5.56 Å². The van der Waals surface area contributed by atoms with E-state index in [1.54, 1.807) is 7.11 Å². The van der Waals surface area contributed by atoms with Crippen molar-refractivity contribution >= 4 is 0 Å². The molecule has 3 nitrogen and oxygen atoms in total. The number of benzene rings is 2. The SMILES string of the molecule is CCc1ccc(OC(C)C(N)c2ccc(OC)cc2)cc1. The van der Waals surface area contributed by atoms with Crippen molar-refractivity contribution in [1.82, 2.24) is 0 Å². The third-order valence-corrected chi connectivity index (χ3v) is 3.66. The minimum atomic E-state index is -0.179. The van der Waals surface area contributed by atoms with Gasteiger partial charge in [-0.1, -0.05) is 31.2 Å². The molecule has 0 aliphatic carbocycles. The summed E-state index contributed by atoms with van der Waals surface area (Å²) < 4.78 is 11.1. The first kappa shape index (κ1) is 15.4. The van der Waals surface area contributed by atoms with Crippen LogP contribution in [0.2, 0.25) is 0 Å². The molecule has 2 unspecified atom stereocenters. The number of ether oxygens (including phenoxy) is 2. The highest BCUT2D eigenvalue weighted by molar-refractivity contribution is 5.30. The van der Waals surface area contributed by atoms with Gasteiger partial charge in [-0.05, 0) is 48.7 Å². The lowest BCUT2D eigenvalue weighted by Crippen LogP contribution is -2.28. The largest absolute Gasteiger partial charge is 0.497 e. The fourth-order valence-electron chi connectivity index (χ4n) is 2.19. The summed E-state index contributed by atoms with van der Waals surface area (Å²) in [5, 5.41) is 0. The Kier molecular flexibility index (Phi) is 5.23. The minimum Gasteiger partial charge on any atom is -0.497 e. The molecule has 0 aliphatic heterocycles. The van der Waals surface area contributed by atoms with Crippen LogP contribution in [-0.4, -0.2) is 13.2 Å². The summed E-state index contributed by atoms with van der Waals surface area (Å²) in [5.74, 6) is 1.68. The number of aryl methyl sites for hydroxylation is 1. The predicted octanol–water partition coefficient (Wildman–Crippen LogP) is 3.72. The van der Waals surface area contributed by atoms with Gasteiger partial charge in [-0.15, -0.1) is 0 Å². The zero-order chi connectivity index (χ0) is 15.2. The molecule has 0 bridgehead atoms. The van der Waals surface area contributed by atoms with Crippen LogP contribution in [-0.2, 0) is 6.42 Å². The van der Waals surface area contributed by atoms with Crippen LogP contribution in [0.1, 0.15) is 31.0 Å². The van der Waals surface area contributed by atoms with Crippen molar-refractivity contribution in [2.45, 2.75) is 32.4 Å². The second-order valence-electron chi connectivity index (χ2n) is 5.12. The van der Waals surface area contributed by atoms with E-state index < -0.39 is 0 Å². The van der Waals surface area contributed by atoms with Crippen molar-refractivity contribution in [1.29, 1.82) is 0 Å². The van der Waals surface area contributed by atoms with Crippen LogP contribution in [0.4, 0.5) is 0 Å². The monoisotopic (exact) mass is 285 g/mol. The van der Waals surface area contributed by atoms with Gasteiger partial charge in [0.05, 0.1) is 13.2 Å². The maximum absolute atomic E-state index is 6.27. The second-order valence-corrected chi connectivity index (χ2v) is 5.12. The van der Waals surface area contributed by atoms with Crippen molar-refractivity contribution in [3.8, 4) is 11.5 Å². The van der Waals surface area contributed by atoms with E-state index in [2.05, 4.69) is 19.1 Å². The van der Waals surface area contributed by atoms with E-state index >= 15 is 0 Å². The standard InChI is InChI=1S/C18H23NO2/c1-4-14-5-9-17(10-6-14)21-13(2)18(19)15-7-11-16(20-3)12-8-15/h5-13,18H,4,19H2,1-3H3. The van der Waals surface area contributed by atoms with Crippen LogP contribution < -0.4 is 15.2 Å². The highest BCUT2D eigenvalue weighted by Crippen LogP contribution is 2.22. The van der Waals surface area contributed by atoms with Crippen LogP contribution in [0.15, 0.2) is 48.5 Å². The van der Waals surface area contributed by atoms with Gasteiger partial charge in [0.2, 0.25) is 0 Å². The van der Waals surface area contributed by atoms with Gasteiger partial charge in [0.25, 0.3) is 0 Å². The molecule has 2 aromatic rings. The van der Waals surface area contributed by atoms with Crippen LogP contribution in [0.5, 0.6) is 11.5 Å². The Morgan fingerprint density at radius 2 is 1.52 bits per heavy atom. The Hall–Kier alpha value is -2.00. The highest BCUT2D eigenvalue weighted by atomic mass is 16.5. The van der Waals surface area contributed by atoms with Crippen molar-refractivity contribution in [3.63, 3.8) is 0 Å². The molecule has 3 heteroatoms. The normalized spacial score (nSPS) is 13.5. The van der Waals surface area contributed by atoms with Gasteiger partial charge in [0, 0.05) is 0 Å². The first-order valence-electron chi connectivity index (χ1n) is 7.29. The summed E-state index contributed by atoms with van der Waals surface area (Å²) in [6.45, 7) is 4.13. The highest BCUT2D eigenvalue weighted by Gasteiger charge is 2.16. The number of methoxy groups -OCH3 is 1. The summed E-state index contributed by atoms with van der Waals surface area (Å²) in [7, 11) is 1.65. The predicted molar refractivity (Wildman–Crippen MR) is 85.8 cm³/mol. The molecule has 2 aromatic carbocycles. The van der Waals surface area contributed by atoms with E-state index in [9.17, 15) is 0 Å². The smallest absolute Gasteiger partial charge is 0.119 e. The molecule has 0 aliphatic rings. The minimum absolute atomic E-state index is 0.106. The summed E-state index contributed by atoms with van der Waals surface area (Å²) in [5.41, 5.74) is 8.60. The molecule has 0 fully saturated rings. The van der Waals surface area contributed by atoms with Gasteiger partial charge < -0.3 is 15.2 Å². The van der Waals surface area contributed by atoms with Gasteiger partial charge >= 0.3 is 0 Å². The van der Waals surface area contributed by atoms with Crippen LogP contribution in [0, 0.1) is 0 Å². The third kappa shape index (κ3) is 3.99. The summed E-state index contributed by atoms with van der Waals surface area (Å²) in [6.07, 6.45) is 0.923. The average Bonchev–Trinajstić information content (AvgIpc) is 2.55. The molecule has 0 saturated heterocycles. The quantitative estimate of drug-likeness (QED) is 0.879. The van der Waals surface area contributed by atoms with E-state index in [0.717, 1.165) is 23.5 Å². The number of hydrogen-bond donors (Lipinski definition) is 1. The number of rotatable bonds is 6. The van der Waals surface area contributed by atoms with Gasteiger partial charge in [0.15, 0.2) is 0 Å². The molecule has 0 aromatic heterocycles. The van der Waals surface area contributed by atoms with Crippen LogP contribution in [0.3, 0.4) is 0 Å². The fraction of sp³-hybridized carbons (Fsp3) is 0.333. The topological polar surface area (TPSA) is 44.5 Å². The van der Waals surface area contributed by atoms with Gasteiger partial charge in [0.1, 0.15) is 17.6 Å². The molecule has 0 radical (unpaired) electrons. The fourth-order valence-corrected chi connectivity index (χ4v) is 2.19. The molecule has 0 heterocycles. The molecular weight excluding hydrogens is 262 g/mol. The maximum Gasteiger partial charge on any atom is 0.119 e. The number of nitrogens with two attached hydrogens (primary N) is 1. The Morgan fingerprint density at radius 3 is 2.05 bits per heavy atom. The molecule has 0 saturated carbocycles. The van der Waals surface area contributed by atoms with Gasteiger partial charge in [-0.25, -0.2) is 0 Å². The molecule has 0 spiro atoms. The molecule has 112 valence electrons. The lowest BCUT2D eigenvalue weighted by atomic mass is 10.0. The van der Waals surface area contributed by atoms with Crippen molar-refractivity contribution in [3.05, 3.63) is 59.7 Å². The number of hydrogen-bond acceptors (Lipinski definition) is 3. The molecule has 0 amide bonds. The lowest BCUT2D eigenvalue weighted by Gasteiger charge is -2.22. The van der Waals surface area contributed by atoms with Crippen molar-refractivity contribution < 1.29 is 9.47 Å². The van der Waals surface area contributed by atoms with E-state index in [-0.39, 0.29) is 12.1 Å². The molecule has 21 heavy (non-hydrogen) atoms. The Bertz CT molecular complexity index is 548. The zero-order valence-electron chi connectivity index (χ0n) is 12.9. The molecule has 2 atom stereocenters. The van der Waals surface area contributed by atoms with E-state index in [1.807, 2.05) is 43.3 Å². The Labute approximate surface area is 126 Å². The van der Waals surface area contributed by atoms with Crippen LogP contribution >= 0.6 is 0 Å². The Balaban J connectivity index is 2.01. The molecular formula is C18H23NO2. The van der Waals surface area contributed by atoms with Gasteiger partial charge in [-0.2, -0.15) is 0 Å². The van der Waals surface area contributed by atoms with Crippen molar-refractivity contribution in [2.75, 3.05) is 7.11 Å². The molecule has 2 N–H and O–H groups in total. The second kappa shape index (κ2) is 7.14. The van der Waals surface area contributed by atoms with Crippen LogP contribution in [0.25, 0.3) is 0 Å². The summed E-state index contributed by atoms with van der Waals surface area (Å²) in [4.78, 5) is 0. The average molecular weight is 285 g/mol. The van der Waals surface area contributed by atoms with Gasteiger partial charge in [-0.3, -0.25) is 0 Å². The third-order valence-electron chi connectivity index (χ3n) is 3.66. The summed E-state index contributed by atoms with van der Waals surface area (Å²) >= 11 is 0. The first-order chi connectivity index (χ1) is 10.1. The Morgan fingerprint density at radius 1 is 0.952 bits per heavy atom. The summed E-state index contributed by atoms with van der Waals surface area (Å²) in [6, 6.07) is 15.8.